The van der Waals surface area contributed by atoms with Gasteiger partial charge in [0.15, 0.2) is 11.5 Å². The van der Waals surface area contributed by atoms with Gasteiger partial charge in [-0.1, -0.05) is 34.6 Å². The number of ether oxygens (including phenoxy) is 2. The molecule has 2 aliphatic carbocycles. The minimum absolute atomic E-state index is 0.0209. The summed E-state index contributed by atoms with van der Waals surface area (Å²) in [6.07, 6.45) is 5.44. The number of aromatic nitrogens is 2. The van der Waals surface area contributed by atoms with E-state index >= 15 is 0 Å². The van der Waals surface area contributed by atoms with Gasteiger partial charge in [0.2, 0.25) is 11.9 Å². The Morgan fingerprint density at radius 2 is 1.95 bits per heavy atom. The Hall–Kier alpha value is -2.87. The molecule has 1 amide bonds. The first-order valence-electron chi connectivity index (χ1n) is 13.6. The number of hydrogen-bond donors (Lipinski definition) is 2. The lowest BCUT2D eigenvalue weighted by Crippen LogP contribution is -2.47. The lowest BCUT2D eigenvalue weighted by molar-refractivity contribution is -0.122. The Bertz CT molecular complexity index is 1090. The summed E-state index contributed by atoms with van der Waals surface area (Å²) in [5.41, 5.74) is 1.90. The van der Waals surface area contributed by atoms with Crippen molar-refractivity contribution in [2.24, 2.45) is 16.7 Å². The number of benzene rings is 1. The Balaban J connectivity index is 1.37. The van der Waals surface area contributed by atoms with E-state index in [1.807, 2.05) is 18.2 Å². The summed E-state index contributed by atoms with van der Waals surface area (Å²) in [6, 6.07) is 7.68. The number of methoxy groups -OCH3 is 1. The molecule has 3 unspecified atom stereocenters. The summed E-state index contributed by atoms with van der Waals surface area (Å²) in [5, 5.41) is 6.57. The Kier molecular flexibility index (Phi) is 8.26. The van der Waals surface area contributed by atoms with Crippen LogP contribution in [0.1, 0.15) is 59.6 Å². The van der Waals surface area contributed by atoms with Crippen molar-refractivity contribution in [1.29, 1.82) is 0 Å². The number of fused-ring (bicyclic) bond motifs is 2. The highest BCUT2D eigenvalue weighted by atomic mass is 16.5. The molecule has 0 radical (unpaired) electrons. The van der Waals surface area contributed by atoms with E-state index in [0.29, 0.717) is 35.7 Å². The number of likely N-dealkylation sites (N-methyl/N-ethyl adjacent to an activating group) is 1. The van der Waals surface area contributed by atoms with Gasteiger partial charge in [0.05, 0.1) is 19.2 Å². The van der Waals surface area contributed by atoms with Gasteiger partial charge in [-0.05, 0) is 67.3 Å². The fraction of sp³-hybridized carbons (Fsp3) is 0.621. The lowest BCUT2D eigenvalue weighted by Gasteiger charge is -2.39. The van der Waals surface area contributed by atoms with Crippen LogP contribution in [0.15, 0.2) is 30.5 Å². The van der Waals surface area contributed by atoms with Gasteiger partial charge in [0.25, 0.3) is 0 Å². The Morgan fingerprint density at radius 1 is 1.16 bits per heavy atom. The summed E-state index contributed by atoms with van der Waals surface area (Å²) in [4.78, 5) is 24.2. The van der Waals surface area contributed by atoms with Gasteiger partial charge in [-0.25, -0.2) is 9.97 Å². The van der Waals surface area contributed by atoms with Crippen molar-refractivity contribution in [1.82, 2.24) is 20.2 Å². The van der Waals surface area contributed by atoms with Crippen LogP contribution in [0.25, 0.3) is 0 Å². The molecule has 37 heavy (non-hydrogen) atoms. The van der Waals surface area contributed by atoms with Gasteiger partial charge in [-0.15, -0.1) is 0 Å². The standard InChI is InChI=1S/C29H43N5O3/c1-7-34(8-2)15-16-37-24-18-21(9-10-23(24)36-6)31-27-30-14-12-22(32-27)19-26(35)33-25-17-20-11-13-29(25,5)28(20,3)4/h9-10,12,14,18,20,25H,7-8,11,13,15-17,19H2,1-6H3,(H,33,35)(H,30,31,32). The molecule has 2 N–H and O–H groups in total. The van der Waals surface area contributed by atoms with Gasteiger partial charge in [-0.3, -0.25) is 4.79 Å². The number of carbonyl (C=O) groups excluding carboxylic acids is 1. The van der Waals surface area contributed by atoms with Gasteiger partial charge in [0, 0.05) is 30.5 Å². The Morgan fingerprint density at radius 3 is 2.59 bits per heavy atom. The maximum atomic E-state index is 12.9. The molecule has 1 heterocycles. The zero-order chi connectivity index (χ0) is 26.6. The van der Waals surface area contributed by atoms with Crippen molar-refractivity contribution >= 4 is 17.5 Å². The third-order valence-electron chi connectivity index (χ3n) is 9.16. The summed E-state index contributed by atoms with van der Waals surface area (Å²) < 4.78 is 11.5. The maximum Gasteiger partial charge on any atom is 0.227 e. The normalized spacial score (nSPS) is 23.8. The van der Waals surface area contributed by atoms with E-state index in [4.69, 9.17) is 9.47 Å². The van der Waals surface area contributed by atoms with Crippen LogP contribution in [0.5, 0.6) is 11.5 Å². The van der Waals surface area contributed by atoms with Crippen LogP contribution in [0, 0.1) is 16.7 Å². The molecule has 4 rings (SSSR count). The van der Waals surface area contributed by atoms with E-state index in [-0.39, 0.29) is 29.2 Å². The van der Waals surface area contributed by atoms with E-state index in [2.05, 4.69) is 60.1 Å². The summed E-state index contributed by atoms with van der Waals surface area (Å²) >= 11 is 0. The smallest absolute Gasteiger partial charge is 0.227 e. The molecule has 2 fully saturated rings. The highest BCUT2D eigenvalue weighted by Gasteiger charge is 2.61. The third kappa shape index (κ3) is 5.69. The van der Waals surface area contributed by atoms with Crippen molar-refractivity contribution in [3.8, 4) is 11.5 Å². The highest BCUT2D eigenvalue weighted by molar-refractivity contribution is 5.78. The first-order valence-corrected chi connectivity index (χ1v) is 13.6. The van der Waals surface area contributed by atoms with Gasteiger partial charge in [-0.2, -0.15) is 0 Å². The molecule has 202 valence electrons. The Labute approximate surface area is 221 Å². The summed E-state index contributed by atoms with van der Waals surface area (Å²) in [6.45, 7) is 14.7. The fourth-order valence-corrected chi connectivity index (χ4v) is 6.21. The zero-order valence-electron chi connectivity index (χ0n) is 23.3. The van der Waals surface area contributed by atoms with Crippen LogP contribution in [-0.2, 0) is 11.2 Å². The van der Waals surface area contributed by atoms with Crippen molar-refractivity contribution in [3.63, 3.8) is 0 Å². The molecule has 3 atom stereocenters. The fourth-order valence-electron chi connectivity index (χ4n) is 6.21. The predicted octanol–water partition coefficient (Wildman–Crippen LogP) is 4.82. The first kappa shape index (κ1) is 27.2. The van der Waals surface area contributed by atoms with Crippen LogP contribution < -0.4 is 20.1 Å². The summed E-state index contributed by atoms with van der Waals surface area (Å²) in [5.74, 6) is 2.49. The molecule has 0 aliphatic heterocycles. The zero-order valence-corrected chi connectivity index (χ0v) is 23.3. The first-order chi connectivity index (χ1) is 17.7. The second kappa shape index (κ2) is 11.3. The van der Waals surface area contributed by atoms with Crippen LogP contribution in [0.4, 0.5) is 11.6 Å². The van der Waals surface area contributed by atoms with E-state index in [9.17, 15) is 4.79 Å². The molecule has 0 saturated heterocycles. The van der Waals surface area contributed by atoms with E-state index in [1.54, 1.807) is 19.4 Å². The van der Waals surface area contributed by atoms with Crippen LogP contribution in [0.2, 0.25) is 0 Å². The number of anilines is 2. The molecule has 2 aliphatic rings. The van der Waals surface area contributed by atoms with E-state index in [1.165, 1.54) is 12.8 Å². The van der Waals surface area contributed by atoms with Gasteiger partial charge in [0.1, 0.15) is 6.61 Å². The molecule has 2 aromatic rings. The molecule has 2 saturated carbocycles. The number of amides is 1. The largest absolute Gasteiger partial charge is 0.493 e. The molecule has 0 spiro atoms. The summed E-state index contributed by atoms with van der Waals surface area (Å²) in [7, 11) is 1.63. The average Bonchev–Trinajstić information content (AvgIpc) is 3.20. The second-order valence-corrected chi connectivity index (χ2v) is 11.1. The number of rotatable bonds is 12. The van der Waals surface area contributed by atoms with E-state index < -0.39 is 0 Å². The van der Waals surface area contributed by atoms with Crippen LogP contribution in [0.3, 0.4) is 0 Å². The van der Waals surface area contributed by atoms with Crippen LogP contribution in [-0.4, -0.2) is 60.2 Å². The molecule has 1 aromatic carbocycles. The van der Waals surface area contributed by atoms with Crippen LogP contribution >= 0.6 is 0 Å². The maximum absolute atomic E-state index is 12.9. The topological polar surface area (TPSA) is 88.6 Å². The minimum atomic E-state index is 0.0209. The number of hydrogen-bond acceptors (Lipinski definition) is 7. The molecule has 8 nitrogen and oxygen atoms in total. The highest BCUT2D eigenvalue weighted by Crippen LogP contribution is 2.65. The molecule has 2 bridgehead atoms. The lowest BCUT2D eigenvalue weighted by atomic mass is 9.69. The van der Waals surface area contributed by atoms with E-state index in [0.717, 1.165) is 31.7 Å². The number of nitrogens with one attached hydrogen (secondary N) is 2. The monoisotopic (exact) mass is 509 g/mol. The van der Waals surface area contributed by atoms with Gasteiger partial charge >= 0.3 is 0 Å². The molecule has 8 heteroatoms. The van der Waals surface area contributed by atoms with Crippen molar-refractivity contribution in [3.05, 3.63) is 36.2 Å². The SMILES string of the molecule is CCN(CC)CCOc1cc(Nc2nccc(CC(=O)NC3CC4CCC3(C)C4(C)C)n2)ccc1OC. The number of nitrogens with zero attached hydrogens (tertiary/aromatic N) is 3. The van der Waals surface area contributed by atoms with Gasteiger partial charge < -0.3 is 25.0 Å². The molecule has 1 aromatic heterocycles. The molecular weight excluding hydrogens is 466 g/mol. The third-order valence-corrected chi connectivity index (χ3v) is 9.16. The number of carbonyl (C=O) groups is 1. The predicted molar refractivity (Wildman–Crippen MR) is 146 cm³/mol. The minimum Gasteiger partial charge on any atom is -0.493 e. The van der Waals surface area contributed by atoms with Crippen molar-refractivity contribution < 1.29 is 14.3 Å². The quantitative estimate of drug-likeness (QED) is 0.424. The molecular formula is C29H43N5O3. The second-order valence-electron chi connectivity index (χ2n) is 11.1. The van der Waals surface area contributed by atoms with Crippen molar-refractivity contribution in [2.75, 3.05) is 38.7 Å². The van der Waals surface area contributed by atoms with Crippen molar-refractivity contribution in [2.45, 2.75) is 66.3 Å². The average molecular weight is 510 g/mol.